The van der Waals surface area contributed by atoms with Gasteiger partial charge in [-0.3, -0.25) is 14.6 Å². The molecule has 1 aliphatic heterocycles. The van der Waals surface area contributed by atoms with Crippen LogP contribution in [0.3, 0.4) is 0 Å². The molecule has 2 fully saturated rings. The number of aromatic nitrogens is 1. The Morgan fingerprint density at radius 1 is 0.936 bits per heavy atom. The molecule has 47 heavy (non-hydrogen) atoms. The summed E-state index contributed by atoms with van der Waals surface area (Å²) in [5, 5.41) is 15.3. The topological polar surface area (TPSA) is 131 Å². The van der Waals surface area contributed by atoms with Crippen molar-refractivity contribution >= 4 is 40.3 Å². The van der Waals surface area contributed by atoms with E-state index < -0.39 is 34.6 Å². The Morgan fingerprint density at radius 3 is 2.34 bits per heavy atom. The van der Waals surface area contributed by atoms with Gasteiger partial charge in [0, 0.05) is 41.2 Å². The number of nitrogens with one attached hydrogen (secondary N) is 2. The number of phenols is 1. The lowest BCUT2D eigenvalue weighted by Gasteiger charge is -2.16. The maximum absolute atomic E-state index is 15.2. The number of methoxy groups -OCH3 is 1. The predicted molar refractivity (Wildman–Crippen MR) is 169 cm³/mol. The van der Waals surface area contributed by atoms with E-state index in [4.69, 9.17) is 18.9 Å². The molecule has 0 unspecified atom stereocenters. The first kappa shape index (κ1) is 31.7. The standard InChI is InChI=1S/C34H32F2N4O7/c1-44-30-19-23-26(20-31(30)46-14-2-11-40-12-15-45-16-13-40)37-10-7-28(23)47-29-6-4-21(17-25(29)36)38-32(42)34(8-9-34)33(43)39-22-3-5-24(35)27(41)18-22/h3-7,10-11,17-20H,2,8-9,12-16H2,1H3,(H2-,38,39,41,42,43)/p+1. The SMILES string of the molecule is COc1cc2c(Oc3ccc(NC(=O)C4(C(=O)Nc5ccc(F)c(O)c5)CC4)cc3F)ccnc2cc1OCCC=[N+]1CCOCC1. The molecule has 3 aromatic carbocycles. The van der Waals surface area contributed by atoms with Crippen LogP contribution in [0.5, 0.6) is 28.7 Å². The summed E-state index contributed by atoms with van der Waals surface area (Å²) in [6.07, 6.45) is 4.91. The Bertz CT molecular complexity index is 1850. The molecule has 3 N–H and O–H groups in total. The van der Waals surface area contributed by atoms with Gasteiger partial charge in [0.15, 0.2) is 47.7 Å². The molecule has 1 aromatic heterocycles. The van der Waals surface area contributed by atoms with Gasteiger partial charge in [-0.05, 0) is 49.2 Å². The van der Waals surface area contributed by atoms with Gasteiger partial charge in [0.25, 0.3) is 0 Å². The fourth-order valence-corrected chi connectivity index (χ4v) is 5.21. The molecule has 244 valence electrons. The molecule has 1 saturated heterocycles. The van der Waals surface area contributed by atoms with E-state index in [9.17, 15) is 19.1 Å². The zero-order valence-electron chi connectivity index (χ0n) is 25.6. The fourth-order valence-electron chi connectivity index (χ4n) is 5.21. The number of benzene rings is 3. The lowest BCUT2D eigenvalue weighted by molar-refractivity contribution is -0.546. The Balaban J connectivity index is 1.11. The number of carbonyl (C=O) groups is 2. The van der Waals surface area contributed by atoms with Crippen molar-refractivity contribution < 1.29 is 47.0 Å². The summed E-state index contributed by atoms with van der Waals surface area (Å²) in [6, 6.07) is 12.3. The van der Waals surface area contributed by atoms with Crippen LogP contribution in [0.15, 0.2) is 60.8 Å². The van der Waals surface area contributed by atoms with Gasteiger partial charge < -0.3 is 34.7 Å². The third kappa shape index (κ3) is 7.09. The Hall–Kier alpha value is -5.30. The molecule has 6 rings (SSSR count). The zero-order valence-corrected chi connectivity index (χ0v) is 25.6. The Kier molecular flexibility index (Phi) is 9.16. The highest BCUT2D eigenvalue weighted by atomic mass is 19.1. The van der Waals surface area contributed by atoms with E-state index in [1.165, 1.54) is 25.3 Å². The average molecular weight is 648 g/mol. The number of ether oxygens (including phenoxy) is 4. The highest BCUT2D eigenvalue weighted by Gasteiger charge is 2.56. The van der Waals surface area contributed by atoms with Crippen molar-refractivity contribution in [3.05, 3.63) is 72.4 Å². The number of nitrogens with zero attached hydrogens (tertiary/aromatic N) is 2. The van der Waals surface area contributed by atoms with Gasteiger partial charge in [0.05, 0.1) is 25.7 Å². The van der Waals surface area contributed by atoms with Gasteiger partial charge in [-0.1, -0.05) is 0 Å². The smallest absolute Gasteiger partial charge is 0.240 e. The first-order chi connectivity index (χ1) is 22.8. The van der Waals surface area contributed by atoms with Crippen molar-refractivity contribution in [1.82, 2.24) is 4.98 Å². The molecule has 2 heterocycles. The van der Waals surface area contributed by atoms with Crippen LogP contribution in [-0.4, -0.2) is 72.7 Å². The first-order valence-corrected chi connectivity index (χ1v) is 15.1. The second-order valence-electron chi connectivity index (χ2n) is 11.2. The number of pyridine rings is 1. The minimum Gasteiger partial charge on any atom is -0.505 e. The van der Waals surface area contributed by atoms with Gasteiger partial charge in [-0.2, -0.15) is 0 Å². The lowest BCUT2D eigenvalue weighted by Crippen LogP contribution is -2.35. The van der Waals surface area contributed by atoms with Gasteiger partial charge in [-0.15, -0.1) is 0 Å². The third-order valence-electron chi connectivity index (χ3n) is 8.03. The van der Waals surface area contributed by atoms with Crippen molar-refractivity contribution in [2.24, 2.45) is 5.41 Å². The number of halogens is 2. The summed E-state index contributed by atoms with van der Waals surface area (Å²) in [7, 11) is 1.53. The molecule has 1 saturated carbocycles. The van der Waals surface area contributed by atoms with E-state index in [-0.39, 0.29) is 30.0 Å². The quantitative estimate of drug-likeness (QED) is 0.114. The van der Waals surface area contributed by atoms with Gasteiger partial charge in [0.2, 0.25) is 11.8 Å². The maximum Gasteiger partial charge on any atom is 0.240 e. The highest BCUT2D eigenvalue weighted by molar-refractivity contribution is 6.17. The van der Waals surface area contributed by atoms with Crippen molar-refractivity contribution in [2.45, 2.75) is 19.3 Å². The van der Waals surface area contributed by atoms with Crippen LogP contribution in [0.4, 0.5) is 20.2 Å². The second kappa shape index (κ2) is 13.6. The van der Waals surface area contributed by atoms with Crippen LogP contribution in [0.1, 0.15) is 19.3 Å². The van der Waals surface area contributed by atoms with E-state index in [1.807, 2.05) is 0 Å². The van der Waals surface area contributed by atoms with E-state index in [0.29, 0.717) is 54.4 Å². The molecule has 0 radical (unpaired) electrons. The van der Waals surface area contributed by atoms with E-state index in [0.717, 1.165) is 31.3 Å². The third-order valence-corrected chi connectivity index (χ3v) is 8.03. The highest BCUT2D eigenvalue weighted by Crippen LogP contribution is 2.48. The van der Waals surface area contributed by atoms with Crippen molar-refractivity contribution in [3.63, 3.8) is 0 Å². The number of aromatic hydroxyl groups is 1. The number of hydrogen-bond acceptors (Lipinski definition) is 8. The van der Waals surface area contributed by atoms with Crippen molar-refractivity contribution in [1.29, 1.82) is 0 Å². The molecule has 0 bridgehead atoms. The number of phenolic OH excluding ortho intramolecular Hbond substituents is 1. The molecule has 0 atom stereocenters. The number of morpholine rings is 1. The molecule has 2 aliphatic rings. The summed E-state index contributed by atoms with van der Waals surface area (Å²) in [4.78, 5) is 30.4. The van der Waals surface area contributed by atoms with Crippen LogP contribution in [0.25, 0.3) is 10.9 Å². The fraction of sp³-hybridized carbons (Fsp3) is 0.294. The van der Waals surface area contributed by atoms with Gasteiger partial charge in [-0.25, -0.2) is 13.4 Å². The van der Waals surface area contributed by atoms with E-state index in [1.54, 1.807) is 24.4 Å². The number of carbonyl (C=O) groups excluding carboxylic acids is 2. The number of fused-ring (bicyclic) bond motifs is 1. The summed E-state index contributed by atoms with van der Waals surface area (Å²) in [5.41, 5.74) is -0.534. The summed E-state index contributed by atoms with van der Waals surface area (Å²) < 4.78 is 53.7. The zero-order chi connectivity index (χ0) is 33.0. The molecule has 4 aromatic rings. The lowest BCUT2D eigenvalue weighted by atomic mass is 10.0. The average Bonchev–Trinajstić information content (AvgIpc) is 3.89. The molecular formula is C34H33F2N4O7+. The first-order valence-electron chi connectivity index (χ1n) is 15.1. The minimum absolute atomic E-state index is 0.0940. The number of anilines is 2. The summed E-state index contributed by atoms with van der Waals surface area (Å²) >= 11 is 0. The molecular weight excluding hydrogens is 614 g/mol. The number of rotatable bonds is 11. The van der Waals surface area contributed by atoms with E-state index >= 15 is 4.39 Å². The predicted octanol–water partition coefficient (Wildman–Crippen LogP) is 5.26. The molecule has 11 nitrogen and oxygen atoms in total. The van der Waals surface area contributed by atoms with Crippen molar-refractivity contribution in [2.75, 3.05) is 50.7 Å². The van der Waals surface area contributed by atoms with Crippen molar-refractivity contribution in [3.8, 4) is 28.7 Å². The summed E-state index contributed by atoms with van der Waals surface area (Å²) in [5.74, 6) is -2.21. The number of amides is 2. The second-order valence-corrected chi connectivity index (χ2v) is 11.2. The van der Waals surface area contributed by atoms with Crippen LogP contribution >= 0.6 is 0 Å². The molecule has 2 amide bonds. The van der Waals surface area contributed by atoms with Gasteiger partial charge >= 0.3 is 0 Å². The minimum atomic E-state index is -1.37. The van der Waals surface area contributed by atoms with Crippen LogP contribution in [0.2, 0.25) is 0 Å². The van der Waals surface area contributed by atoms with E-state index in [2.05, 4.69) is 26.4 Å². The van der Waals surface area contributed by atoms with Crippen LogP contribution < -0.4 is 24.8 Å². The largest absolute Gasteiger partial charge is 0.505 e. The van der Waals surface area contributed by atoms with Crippen LogP contribution in [0, 0.1) is 17.0 Å². The normalized spacial score (nSPS) is 15.1. The molecule has 0 spiro atoms. The Labute approximate surface area is 268 Å². The van der Waals surface area contributed by atoms with Crippen LogP contribution in [-0.2, 0) is 14.3 Å². The Morgan fingerprint density at radius 2 is 1.66 bits per heavy atom. The number of hydrogen-bond donors (Lipinski definition) is 3. The molecule has 1 aliphatic carbocycles. The monoisotopic (exact) mass is 647 g/mol. The summed E-state index contributed by atoms with van der Waals surface area (Å²) in [6.45, 7) is 3.58. The van der Waals surface area contributed by atoms with Gasteiger partial charge in [0.1, 0.15) is 30.6 Å². The maximum atomic E-state index is 15.2. The molecule has 13 heteroatoms.